The number of fused-ring (bicyclic) bond motifs is 1. The van der Waals surface area contributed by atoms with Crippen molar-refractivity contribution in [1.82, 2.24) is 4.90 Å². The second-order valence-electron chi connectivity index (χ2n) is 6.29. The van der Waals surface area contributed by atoms with Gasteiger partial charge in [0.1, 0.15) is 6.04 Å². The van der Waals surface area contributed by atoms with Crippen LogP contribution in [0.5, 0.6) is 0 Å². The summed E-state index contributed by atoms with van der Waals surface area (Å²) in [6.07, 6.45) is 0.0830. The molecule has 0 spiro atoms. The second kappa shape index (κ2) is 7.92. The Balaban J connectivity index is 1.96. The van der Waals surface area contributed by atoms with Gasteiger partial charge in [-0.25, -0.2) is 4.79 Å². The number of methoxy groups -OCH3 is 1. The molecule has 0 fully saturated rings. The maximum atomic E-state index is 13.1. The Labute approximate surface area is 165 Å². The normalized spacial score (nSPS) is 15.7. The molecule has 2 aromatic rings. The van der Waals surface area contributed by atoms with Gasteiger partial charge < -0.3 is 10.1 Å². The number of Topliss-reactive ketones (excluding diaryl/α,β-unsaturated/α-hetero) is 1. The van der Waals surface area contributed by atoms with E-state index in [9.17, 15) is 14.4 Å². The number of carbonyl (C=O) groups excluding carboxylic acids is 3. The van der Waals surface area contributed by atoms with Crippen LogP contribution in [0.15, 0.2) is 46.9 Å². The Bertz CT molecular complexity index is 913. The van der Waals surface area contributed by atoms with Crippen molar-refractivity contribution in [2.75, 3.05) is 19.0 Å². The molecule has 6 nitrogen and oxygen atoms in total. The van der Waals surface area contributed by atoms with E-state index in [0.717, 1.165) is 15.6 Å². The highest BCUT2D eigenvalue weighted by molar-refractivity contribution is 9.10. The summed E-state index contributed by atoms with van der Waals surface area (Å²) < 4.78 is 5.69. The number of benzene rings is 2. The third-order valence-electron chi connectivity index (χ3n) is 4.53. The first-order chi connectivity index (χ1) is 12.9. The Hall–Kier alpha value is -2.67. The van der Waals surface area contributed by atoms with Gasteiger partial charge >= 0.3 is 6.09 Å². The second-order valence-corrected chi connectivity index (χ2v) is 7.20. The molecule has 27 heavy (non-hydrogen) atoms. The molecule has 0 aliphatic carbocycles. The number of hydrogen-bond donors (Lipinski definition) is 1. The minimum atomic E-state index is -0.820. The molecule has 0 saturated carbocycles. The lowest BCUT2D eigenvalue weighted by atomic mass is 9.92. The monoisotopic (exact) mass is 430 g/mol. The van der Waals surface area contributed by atoms with Gasteiger partial charge in [0.15, 0.2) is 5.78 Å². The fraction of sp³-hybridized carbons (Fsp3) is 0.250. The van der Waals surface area contributed by atoms with Crippen molar-refractivity contribution in [3.63, 3.8) is 0 Å². The van der Waals surface area contributed by atoms with Crippen LogP contribution >= 0.6 is 15.9 Å². The summed E-state index contributed by atoms with van der Waals surface area (Å²) >= 11 is 3.43. The van der Waals surface area contributed by atoms with E-state index in [1.165, 1.54) is 18.9 Å². The molecule has 0 unspecified atom stereocenters. The largest absolute Gasteiger partial charge is 0.453 e. The molecule has 1 N–H and O–H groups in total. The number of amides is 2. The van der Waals surface area contributed by atoms with Gasteiger partial charge in [-0.15, -0.1) is 0 Å². The Kier molecular flexibility index (Phi) is 5.60. The lowest BCUT2D eigenvalue weighted by Gasteiger charge is -2.35. The number of halogens is 1. The molecule has 3 rings (SSSR count). The van der Waals surface area contributed by atoms with Crippen LogP contribution in [0.25, 0.3) is 0 Å². The van der Waals surface area contributed by atoms with E-state index in [1.807, 2.05) is 18.2 Å². The van der Waals surface area contributed by atoms with Gasteiger partial charge in [0, 0.05) is 22.3 Å². The van der Waals surface area contributed by atoms with Gasteiger partial charge in [-0.1, -0.05) is 34.1 Å². The highest BCUT2D eigenvalue weighted by Crippen LogP contribution is 2.33. The van der Waals surface area contributed by atoms with Crippen LogP contribution in [0.4, 0.5) is 10.5 Å². The molecule has 1 aliphatic heterocycles. The van der Waals surface area contributed by atoms with Gasteiger partial charge in [-0.05, 0) is 48.7 Å². The smallest absolute Gasteiger partial charge is 0.410 e. The van der Waals surface area contributed by atoms with Crippen LogP contribution in [0.3, 0.4) is 0 Å². The third-order valence-corrected chi connectivity index (χ3v) is 5.02. The maximum absolute atomic E-state index is 13.1. The lowest BCUT2D eigenvalue weighted by molar-refractivity contribution is -0.121. The molecule has 1 aliphatic rings. The van der Waals surface area contributed by atoms with E-state index in [-0.39, 0.29) is 11.7 Å². The molecule has 1 atom stereocenters. The van der Waals surface area contributed by atoms with Gasteiger partial charge in [0.2, 0.25) is 0 Å². The molecular weight excluding hydrogens is 412 g/mol. The zero-order chi connectivity index (χ0) is 19.6. The summed E-state index contributed by atoms with van der Waals surface area (Å²) in [5, 5.41) is 2.82. The van der Waals surface area contributed by atoms with Crippen molar-refractivity contribution in [3.8, 4) is 0 Å². The average molecular weight is 431 g/mol. The number of carbonyl (C=O) groups is 3. The molecule has 2 aromatic carbocycles. The standard InChI is InChI=1S/C20H19BrN2O4/c1-12(24)14-4-3-5-16(10-14)22-19(25)18-17-11-15(21)7-6-13(17)8-9-23(18)20(26)27-2/h3-7,10-11,18H,8-9H2,1-2H3,(H,22,25)/t18-/m0/s1. The molecule has 7 heteroatoms. The quantitative estimate of drug-likeness (QED) is 0.747. The van der Waals surface area contributed by atoms with Crippen LogP contribution in [-0.4, -0.2) is 36.3 Å². The predicted octanol–water partition coefficient (Wildman–Crippen LogP) is 3.96. The van der Waals surface area contributed by atoms with Crippen LogP contribution in [0.2, 0.25) is 0 Å². The Morgan fingerprint density at radius 1 is 1.19 bits per heavy atom. The summed E-state index contributed by atoms with van der Waals surface area (Å²) in [6.45, 7) is 1.85. The molecule has 1 heterocycles. The van der Waals surface area contributed by atoms with Gasteiger partial charge in [0.05, 0.1) is 7.11 Å². The first kappa shape index (κ1) is 19.1. The van der Waals surface area contributed by atoms with E-state index < -0.39 is 12.1 Å². The number of nitrogens with zero attached hydrogens (tertiary/aromatic N) is 1. The summed E-state index contributed by atoms with van der Waals surface area (Å²) in [5.41, 5.74) is 2.77. The molecule has 0 bridgehead atoms. The number of ether oxygens (including phenoxy) is 1. The van der Waals surface area contributed by atoms with E-state index >= 15 is 0 Å². The SMILES string of the molecule is COC(=O)N1CCc2ccc(Br)cc2[C@H]1C(=O)Nc1cccc(C(C)=O)c1. The van der Waals surface area contributed by atoms with E-state index in [1.54, 1.807) is 24.3 Å². The van der Waals surface area contributed by atoms with Gasteiger partial charge in [-0.3, -0.25) is 14.5 Å². The molecule has 140 valence electrons. The molecule has 0 aromatic heterocycles. The van der Waals surface area contributed by atoms with Gasteiger partial charge in [-0.2, -0.15) is 0 Å². The first-order valence-corrected chi connectivity index (χ1v) is 9.25. The lowest BCUT2D eigenvalue weighted by Crippen LogP contribution is -2.45. The third kappa shape index (κ3) is 4.03. The van der Waals surface area contributed by atoms with Crippen molar-refractivity contribution in [2.45, 2.75) is 19.4 Å². The van der Waals surface area contributed by atoms with Crippen LogP contribution < -0.4 is 5.32 Å². The molecular formula is C20H19BrN2O4. The number of anilines is 1. The average Bonchev–Trinajstić information content (AvgIpc) is 2.66. The highest BCUT2D eigenvalue weighted by Gasteiger charge is 2.36. The summed E-state index contributed by atoms with van der Waals surface area (Å²) in [7, 11) is 1.30. The van der Waals surface area contributed by atoms with Crippen LogP contribution in [-0.2, 0) is 16.0 Å². The minimum absolute atomic E-state index is 0.0887. The number of ketones is 1. The maximum Gasteiger partial charge on any atom is 0.410 e. The fourth-order valence-corrected chi connectivity index (χ4v) is 3.59. The Morgan fingerprint density at radius 3 is 2.67 bits per heavy atom. The first-order valence-electron chi connectivity index (χ1n) is 8.45. The van der Waals surface area contributed by atoms with E-state index in [0.29, 0.717) is 24.2 Å². The van der Waals surface area contributed by atoms with Crippen molar-refractivity contribution in [1.29, 1.82) is 0 Å². The zero-order valence-corrected chi connectivity index (χ0v) is 16.6. The van der Waals surface area contributed by atoms with E-state index in [2.05, 4.69) is 21.2 Å². The number of hydrogen-bond acceptors (Lipinski definition) is 4. The topological polar surface area (TPSA) is 75.7 Å². The zero-order valence-electron chi connectivity index (χ0n) is 15.0. The van der Waals surface area contributed by atoms with Crippen molar-refractivity contribution in [2.24, 2.45) is 0 Å². The molecule has 0 saturated heterocycles. The van der Waals surface area contributed by atoms with Crippen LogP contribution in [0, 0.1) is 0 Å². The minimum Gasteiger partial charge on any atom is -0.453 e. The number of rotatable bonds is 3. The number of nitrogens with one attached hydrogen (secondary N) is 1. The summed E-state index contributed by atoms with van der Waals surface area (Å²) in [4.78, 5) is 38.3. The predicted molar refractivity (Wildman–Crippen MR) is 105 cm³/mol. The van der Waals surface area contributed by atoms with Crippen LogP contribution in [0.1, 0.15) is 34.5 Å². The molecule has 0 radical (unpaired) electrons. The van der Waals surface area contributed by atoms with Crippen molar-refractivity contribution >= 4 is 39.4 Å². The summed E-state index contributed by atoms with van der Waals surface area (Å²) in [6, 6.07) is 11.6. The van der Waals surface area contributed by atoms with Crippen molar-refractivity contribution < 1.29 is 19.1 Å². The van der Waals surface area contributed by atoms with Crippen molar-refractivity contribution in [3.05, 3.63) is 63.6 Å². The van der Waals surface area contributed by atoms with Gasteiger partial charge in [0.25, 0.3) is 5.91 Å². The highest BCUT2D eigenvalue weighted by atomic mass is 79.9. The Morgan fingerprint density at radius 2 is 1.96 bits per heavy atom. The fourth-order valence-electron chi connectivity index (χ4n) is 3.21. The molecule has 2 amide bonds. The summed E-state index contributed by atoms with van der Waals surface area (Å²) in [5.74, 6) is -0.450. The van der Waals surface area contributed by atoms with E-state index in [4.69, 9.17) is 4.74 Å².